The quantitative estimate of drug-likeness (QED) is 0.0880. The van der Waals surface area contributed by atoms with Gasteiger partial charge in [0.25, 0.3) is 0 Å². The Hall–Kier alpha value is -1.05. The van der Waals surface area contributed by atoms with E-state index in [4.69, 9.17) is 22.4 Å². The molecule has 0 aliphatic rings. The van der Waals surface area contributed by atoms with Crippen molar-refractivity contribution >= 4 is 37.1 Å². The van der Waals surface area contributed by atoms with Crippen molar-refractivity contribution in [3.8, 4) is 0 Å². The Bertz CT molecular complexity index is 679. The number of ether oxygens (including phenoxy) is 3. The molecular weight excluding hydrogens is 485 g/mol. The first-order valence-corrected chi connectivity index (χ1v) is 21.0. The van der Waals surface area contributed by atoms with E-state index in [0.29, 0.717) is 31.0 Å². The van der Waals surface area contributed by atoms with E-state index in [1.54, 1.807) is 13.8 Å². The first-order chi connectivity index (χ1) is 15.6. The number of carbonyl (C=O) groups is 2. The van der Waals surface area contributed by atoms with Crippen LogP contribution in [0.5, 0.6) is 0 Å². The van der Waals surface area contributed by atoms with Gasteiger partial charge in [0.15, 0.2) is 16.6 Å². The molecule has 0 radical (unpaired) electrons. The molecule has 0 heterocycles. The van der Waals surface area contributed by atoms with Gasteiger partial charge < -0.3 is 22.4 Å². The Balaban J connectivity index is 4.94. The number of carbonyl (C=O) groups excluding carboxylic acids is 2. The normalized spacial score (nSPS) is 13.8. The van der Waals surface area contributed by atoms with Crippen LogP contribution in [0.25, 0.3) is 0 Å². The third-order valence-corrected chi connectivity index (χ3v) is 17.6. The molecule has 0 aromatic carbocycles. The fourth-order valence-electron chi connectivity index (χ4n) is 3.77. The smallest absolute Gasteiger partial charge is 0.333 e. The first kappa shape index (κ1) is 33.0. The van der Waals surface area contributed by atoms with Gasteiger partial charge in [0.05, 0.1) is 13.2 Å². The maximum absolute atomic E-state index is 11.7. The van der Waals surface area contributed by atoms with Crippen LogP contribution in [-0.4, -0.2) is 63.6 Å². The van der Waals surface area contributed by atoms with Crippen molar-refractivity contribution in [1.29, 1.82) is 0 Å². The molecule has 0 aromatic heterocycles. The number of esters is 2. The van der Waals surface area contributed by atoms with Crippen LogP contribution in [0.3, 0.4) is 0 Å². The number of rotatable bonds is 19. The lowest BCUT2D eigenvalue weighted by Crippen LogP contribution is -2.53. The summed E-state index contributed by atoms with van der Waals surface area (Å²) in [5.41, 5.74) is 0.828. The van der Waals surface area contributed by atoms with Gasteiger partial charge in [0, 0.05) is 24.4 Å². The van der Waals surface area contributed by atoms with Gasteiger partial charge in [0.1, 0.15) is 0 Å². The molecule has 0 aliphatic heterocycles. The monoisotopic (exact) mass is 532 g/mol. The first-order valence-electron chi connectivity index (χ1n) is 12.3. The van der Waals surface area contributed by atoms with E-state index in [1.807, 2.05) is 6.92 Å². The third-order valence-electron chi connectivity index (χ3n) is 5.15. The van der Waals surface area contributed by atoms with Gasteiger partial charge in [-0.3, -0.25) is 0 Å². The predicted octanol–water partition coefficient (Wildman–Crippen LogP) is 5.95. The summed E-state index contributed by atoms with van der Waals surface area (Å²) in [6.45, 7) is 25.6. The summed E-state index contributed by atoms with van der Waals surface area (Å²) in [5.74, 6) is -0.693. The van der Waals surface area contributed by atoms with Crippen LogP contribution >= 0.6 is 0 Å². The van der Waals surface area contributed by atoms with Gasteiger partial charge in [-0.1, -0.05) is 13.2 Å². The van der Waals surface area contributed by atoms with Crippen molar-refractivity contribution in [3.05, 3.63) is 24.3 Å². The average molecular weight is 533 g/mol. The van der Waals surface area contributed by atoms with Gasteiger partial charge in [-0.25, -0.2) is 9.59 Å². The predicted molar refractivity (Wildman–Crippen MR) is 145 cm³/mol. The molecule has 0 amide bonds. The highest BCUT2D eigenvalue weighted by molar-refractivity contribution is 6.88. The van der Waals surface area contributed by atoms with Gasteiger partial charge in [-0.05, 0) is 90.9 Å². The van der Waals surface area contributed by atoms with Crippen molar-refractivity contribution in [2.45, 2.75) is 90.9 Å². The fraction of sp³-hybridized carbons (Fsp3) is 0.750. The van der Waals surface area contributed by atoms with E-state index >= 15 is 0 Å². The molecule has 0 fully saturated rings. The second-order valence-electron chi connectivity index (χ2n) is 10.2. The Morgan fingerprint density at radius 3 is 1.59 bits per heavy atom. The van der Waals surface area contributed by atoms with E-state index < -0.39 is 25.2 Å². The minimum absolute atomic E-state index is 0.346. The zero-order chi connectivity index (χ0) is 26.4. The summed E-state index contributed by atoms with van der Waals surface area (Å²) in [7, 11) is -6.52. The van der Waals surface area contributed by atoms with Crippen molar-refractivity contribution in [2.75, 3.05) is 26.4 Å². The zero-order valence-electron chi connectivity index (χ0n) is 22.8. The lowest BCUT2D eigenvalue weighted by Gasteiger charge is -2.40. The van der Waals surface area contributed by atoms with E-state index in [9.17, 15) is 9.59 Å². The molecule has 0 saturated heterocycles. The van der Waals surface area contributed by atoms with E-state index in [0.717, 1.165) is 44.0 Å². The summed E-state index contributed by atoms with van der Waals surface area (Å²) in [5, 5.41) is 0. The topological polar surface area (TPSA) is 80.3 Å². The molecular formula is C24H48O7Si3. The Morgan fingerprint density at radius 2 is 1.15 bits per heavy atom. The van der Waals surface area contributed by atoms with Gasteiger partial charge in [-0.15, -0.1) is 0 Å². The maximum atomic E-state index is 11.7. The summed E-state index contributed by atoms with van der Waals surface area (Å²) < 4.78 is 29.6. The standard InChI is InChI=1S/C24H48O7Si3/c1-11-27-15-12-19-34(10,20-14-17-29-24(26)22(4)5)31-33(8,9)30-32(6,7)18-13-16-28-23(25)21(2)3/h2,4,11-20H2,1,3,5-10H3. The number of hydrogen-bond donors (Lipinski definition) is 0. The van der Waals surface area contributed by atoms with Gasteiger partial charge >= 0.3 is 20.5 Å². The van der Waals surface area contributed by atoms with Crippen molar-refractivity contribution < 1.29 is 32.0 Å². The highest BCUT2D eigenvalue weighted by Crippen LogP contribution is 2.29. The summed E-state index contributed by atoms with van der Waals surface area (Å²) in [6.07, 6.45) is 2.47. The fourth-order valence-corrected chi connectivity index (χ4v) is 18.6. The van der Waals surface area contributed by atoms with Crippen molar-refractivity contribution in [1.82, 2.24) is 0 Å². The molecule has 7 nitrogen and oxygen atoms in total. The van der Waals surface area contributed by atoms with Crippen LogP contribution in [0, 0.1) is 0 Å². The van der Waals surface area contributed by atoms with Crippen LogP contribution in [-0.2, 0) is 32.0 Å². The van der Waals surface area contributed by atoms with Crippen LogP contribution < -0.4 is 0 Å². The molecule has 34 heavy (non-hydrogen) atoms. The average Bonchev–Trinajstić information content (AvgIpc) is 2.70. The van der Waals surface area contributed by atoms with Gasteiger partial charge in [-0.2, -0.15) is 0 Å². The molecule has 0 spiro atoms. The molecule has 0 aliphatic carbocycles. The van der Waals surface area contributed by atoms with Gasteiger partial charge in [0.2, 0.25) is 0 Å². The van der Waals surface area contributed by atoms with E-state index in [2.05, 4.69) is 45.9 Å². The largest absolute Gasteiger partial charge is 0.462 e. The molecule has 0 bridgehead atoms. The molecule has 1 atom stereocenters. The number of hydrogen-bond acceptors (Lipinski definition) is 7. The molecule has 10 heteroatoms. The molecule has 0 rings (SSSR count). The van der Waals surface area contributed by atoms with Crippen LogP contribution in [0.1, 0.15) is 40.0 Å². The van der Waals surface area contributed by atoms with Crippen LogP contribution in [0.4, 0.5) is 0 Å². The lowest BCUT2D eigenvalue weighted by molar-refractivity contribution is -0.139. The van der Waals surface area contributed by atoms with E-state index in [1.165, 1.54) is 0 Å². The molecule has 0 saturated carbocycles. The molecule has 0 aromatic rings. The lowest BCUT2D eigenvalue weighted by atomic mass is 10.4. The van der Waals surface area contributed by atoms with E-state index in [-0.39, 0.29) is 11.9 Å². The highest BCUT2D eigenvalue weighted by Gasteiger charge is 2.41. The zero-order valence-corrected chi connectivity index (χ0v) is 25.8. The molecule has 198 valence electrons. The summed E-state index contributed by atoms with van der Waals surface area (Å²) in [4.78, 5) is 23.2. The Morgan fingerprint density at radius 1 is 0.706 bits per heavy atom. The summed E-state index contributed by atoms with van der Waals surface area (Å²) in [6, 6.07) is 2.75. The minimum atomic E-state index is -2.40. The second kappa shape index (κ2) is 15.8. The third kappa shape index (κ3) is 15.8. The minimum Gasteiger partial charge on any atom is -0.462 e. The van der Waals surface area contributed by atoms with Crippen molar-refractivity contribution in [2.24, 2.45) is 0 Å². The Kier molecular flexibility index (Phi) is 15.4. The van der Waals surface area contributed by atoms with Crippen molar-refractivity contribution in [3.63, 3.8) is 0 Å². The second-order valence-corrected chi connectivity index (χ2v) is 22.5. The highest BCUT2D eigenvalue weighted by atomic mass is 28.5. The SMILES string of the molecule is C=C(C)C(=O)OCCC[Si](C)(C)O[Si](C)(C)O[Si](C)(CCCOCC)CCCOC(=O)C(=C)C. The van der Waals surface area contributed by atoms with Crippen LogP contribution in [0.15, 0.2) is 24.3 Å². The van der Waals surface area contributed by atoms with Crippen LogP contribution in [0.2, 0.25) is 50.9 Å². The molecule has 1 unspecified atom stereocenters. The maximum Gasteiger partial charge on any atom is 0.333 e. The Labute approximate surface area is 210 Å². The molecule has 0 N–H and O–H groups in total. The summed E-state index contributed by atoms with van der Waals surface area (Å²) >= 11 is 0.